The second-order valence-corrected chi connectivity index (χ2v) is 8.84. The highest BCUT2D eigenvalue weighted by atomic mass is 32.2. The number of amides is 2. The van der Waals surface area contributed by atoms with Crippen molar-refractivity contribution in [1.82, 2.24) is 10.3 Å². The second-order valence-electron chi connectivity index (χ2n) is 5.46. The van der Waals surface area contributed by atoms with Crippen LogP contribution >= 0.6 is 11.3 Å². The average Bonchev–Trinajstić information content (AvgIpc) is 2.96. The van der Waals surface area contributed by atoms with Crippen LogP contribution in [0.2, 0.25) is 0 Å². The van der Waals surface area contributed by atoms with Crippen molar-refractivity contribution in [2.45, 2.75) is 19.0 Å². The molecule has 0 bridgehead atoms. The molecule has 6 nitrogen and oxygen atoms in total. The molecule has 2 atom stereocenters. The molecule has 21 heavy (non-hydrogen) atoms. The molecule has 3 heterocycles. The fraction of sp³-hybridized carbons (Fsp3) is 0.385. The SMILES string of the molecule is Cc1nc2ccc(N3C(=O)N[C@@H]4CS(=O)(=O)C[C@H]43)cc2s1. The molecule has 0 spiro atoms. The molecule has 2 aromatic rings. The Morgan fingerprint density at radius 2 is 2.19 bits per heavy atom. The molecule has 110 valence electrons. The molecule has 2 fully saturated rings. The van der Waals surface area contributed by atoms with Crippen molar-refractivity contribution in [2.24, 2.45) is 0 Å². The van der Waals surface area contributed by atoms with Gasteiger partial charge < -0.3 is 5.32 Å². The van der Waals surface area contributed by atoms with Gasteiger partial charge in [0.1, 0.15) is 0 Å². The van der Waals surface area contributed by atoms with E-state index < -0.39 is 9.84 Å². The lowest BCUT2D eigenvalue weighted by atomic mass is 10.1. The van der Waals surface area contributed by atoms with E-state index in [9.17, 15) is 13.2 Å². The number of benzene rings is 1. The maximum Gasteiger partial charge on any atom is 0.322 e. The van der Waals surface area contributed by atoms with Crippen LogP contribution in [-0.2, 0) is 9.84 Å². The van der Waals surface area contributed by atoms with Crippen LogP contribution in [0.25, 0.3) is 10.2 Å². The number of sulfone groups is 1. The van der Waals surface area contributed by atoms with E-state index in [0.29, 0.717) is 0 Å². The number of carbonyl (C=O) groups is 1. The van der Waals surface area contributed by atoms with Gasteiger partial charge in [-0.05, 0) is 25.1 Å². The van der Waals surface area contributed by atoms with Crippen LogP contribution in [0.3, 0.4) is 0 Å². The summed E-state index contributed by atoms with van der Waals surface area (Å²) >= 11 is 1.56. The summed E-state index contributed by atoms with van der Waals surface area (Å²) in [6, 6.07) is 4.77. The number of nitrogens with zero attached hydrogens (tertiary/aromatic N) is 2. The Hall–Kier alpha value is -1.67. The van der Waals surface area contributed by atoms with Gasteiger partial charge in [0.15, 0.2) is 9.84 Å². The van der Waals surface area contributed by atoms with Gasteiger partial charge in [-0.25, -0.2) is 18.2 Å². The molecule has 0 aliphatic carbocycles. The highest BCUT2D eigenvalue weighted by molar-refractivity contribution is 7.91. The van der Waals surface area contributed by atoms with Crippen molar-refractivity contribution in [2.75, 3.05) is 16.4 Å². The van der Waals surface area contributed by atoms with Gasteiger partial charge in [-0.1, -0.05) is 0 Å². The minimum atomic E-state index is -3.07. The molecule has 2 aliphatic rings. The zero-order valence-electron chi connectivity index (χ0n) is 11.2. The Kier molecular flexibility index (Phi) is 2.59. The maximum absolute atomic E-state index is 12.1. The Morgan fingerprint density at radius 3 is 3.00 bits per heavy atom. The second kappa shape index (κ2) is 4.17. The summed E-state index contributed by atoms with van der Waals surface area (Å²) < 4.78 is 24.5. The van der Waals surface area contributed by atoms with Gasteiger partial charge in [0.2, 0.25) is 0 Å². The first-order chi connectivity index (χ1) is 9.93. The Morgan fingerprint density at radius 1 is 1.38 bits per heavy atom. The van der Waals surface area contributed by atoms with E-state index in [1.54, 1.807) is 16.2 Å². The third-order valence-corrected chi connectivity index (χ3v) is 6.59. The van der Waals surface area contributed by atoms with E-state index in [-0.39, 0.29) is 29.6 Å². The number of anilines is 1. The first-order valence-corrected chi connectivity index (χ1v) is 9.24. The minimum absolute atomic E-state index is 0.0240. The predicted molar refractivity (Wildman–Crippen MR) is 81.6 cm³/mol. The number of hydrogen-bond acceptors (Lipinski definition) is 5. The van der Waals surface area contributed by atoms with Gasteiger partial charge in [0.05, 0.1) is 38.8 Å². The Balaban J connectivity index is 1.78. The molecule has 1 aromatic carbocycles. The molecule has 1 aromatic heterocycles. The quantitative estimate of drug-likeness (QED) is 0.802. The number of aryl methyl sites for hydroxylation is 1. The molecule has 2 aliphatic heterocycles. The monoisotopic (exact) mass is 323 g/mol. The Bertz CT molecular complexity index is 859. The summed E-state index contributed by atoms with van der Waals surface area (Å²) in [4.78, 5) is 18.1. The van der Waals surface area contributed by atoms with Crippen molar-refractivity contribution in [3.8, 4) is 0 Å². The van der Waals surface area contributed by atoms with Crippen molar-refractivity contribution in [3.05, 3.63) is 23.2 Å². The smallest absolute Gasteiger partial charge is 0.322 e. The van der Waals surface area contributed by atoms with E-state index in [1.807, 2.05) is 25.1 Å². The summed E-state index contributed by atoms with van der Waals surface area (Å²) in [6.07, 6.45) is 0. The van der Waals surface area contributed by atoms with E-state index in [1.165, 1.54) is 0 Å². The fourth-order valence-corrected chi connectivity index (χ4v) is 5.84. The third kappa shape index (κ3) is 2.01. The zero-order chi connectivity index (χ0) is 14.8. The summed E-state index contributed by atoms with van der Waals surface area (Å²) in [5.74, 6) is 0.0536. The summed E-state index contributed by atoms with van der Waals surface area (Å²) in [5.41, 5.74) is 1.63. The first-order valence-electron chi connectivity index (χ1n) is 6.60. The lowest BCUT2D eigenvalue weighted by Crippen LogP contribution is -2.36. The van der Waals surface area contributed by atoms with Gasteiger partial charge in [0, 0.05) is 5.69 Å². The van der Waals surface area contributed by atoms with Gasteiger partial charge in [0.25, 0.3) is 0 Å². The number of hydrogen-bond donors (Lipinski definition) is 1. The largest absolute Gasteiger partial charge is 0.332 e. The molecule has 2 saturated heterocycles. The number of urea groups is 1. The molecule has 0 saturated carbocycles. The summed E-state index contributed by atoms with van der Waals surface area (Å²) in [7, 11) is -3.07. The number of aromatic nitrogens is 1. The molecule has 0 unspecified atom stereocenters. The maximum atomic E-state index is 12.1. The molecule has 4 rings (SSSR count). The number of fused-ring (bicyclic) bond motifs is 2. The average molecular weight is 323 g/mol. The molecular formula is C13H13N3O3S2. The van der Waals surface area contributed by atoms with Crippen LogP contribution in [0.15, 0.2) is 18.2 Å². The summed E-state index contributed by atoms with van der Waals surface area (Å²) in [6.45, 7) is 1.94. The van der Waals surface area contributed by atoms with Gasteiger partial charge >= 0.3 is 6.03 Å². The molecule has 1 N–H and O–H groups in total. The lowest BCUT2D eigenvalue weighted by Gasteiger charge is -2.21. The fourth-order valence-electron chi connectivity index (χ4n) is 3.09. The number of nitrogens with one attached hydrogen (secondary N) is 1. The topological polar surface area (TPSA) is 79.4 Å². The molecule has 8 heteroatoms. The van der Waals surface area contributed by atoms with Crippen molar-refractivity contribution >= 4 is 43.1 Å². The third-order valence-electron chi connectivity index (χ3n) is 3.94. The van der Waals surface area contributed by atoms with Crippen LogP contribution in [-0.4, -0.2) is 43.0 Å². The highest BCUT2D eigenvalue weighted by Gasteiger charge is 2.49. The van der Waals surface area contributed by atoms with Crippen LogP contribution in [0.4, 0.5) is 10.5 Å². The van der Waals surface area contributed by atoms with Crippen LogP contribution in [0, 0.1) is 6.92 Å². The minimum Gasteiger partial charge on any atom is -0.332 e. The van der Waals surface area contributed by atoms with Crippen LogP contribution in [0.5, 0.6) is 0 Å². The molecule has 2 amide bonds. The number of thiazole rings is 1. The zero-order valence-corrected chi connectivity index (χ0v) is 12.9. The highest BCUT2D eigenvalue weighted by Crippen LogP contribution is 2.32. The van der Waals surface area contributed by atoms with E-state index in [2.05, 4.69) is 10.3 Å². The van der Waals surface area contributed by atoms with Gasteiger partial charge in [-0.2, -0.15) is 0 Å². The summed E-state index contributed by atoms with van der Waals surface area (Å²) in [5, 5.41) is 3.74. The first kappa shape index (κ1) is 13.0. The predicted octanol–water partition coefficient (Wildman–Crippen LogP) is 1.30. The number of carbonyl (C=O) groups excluding carboxylic acids is 1. The van der Waals surface area contributed by atoms with Gasteiger partial charge in [-0.15, -0.1) is 11.3 Å². The van der Waals surface area contributed by atoms with Gasteiger partial charge in [-0.3, -0.25) is 4.90 Å². The number of rotatable bonds is 1. The normalized spacial score (nSPS) is 27.1. The van der Waals surface area contributed by atoms with Crippen LogP contribution in [0.1, 0.15) is 5.01 Å². The van der Waals surface area contributed by atoms with Crippen molar-refractivity contribution < 1.29 is 13.2 Å². The lowest BCUT2D eigenvalue weighted by molar-refractivity contribution is 0.251. The van der Waals surface area contributed by atoms with Crippen LogP contribution < -0.4 is 10.2 Å². The van der Waals surface area contributed by atoms with Crippen molar-refractivity contribution in [1.29, 1.82) is 0 Å². The Labute approximate surface area is 125 Å². The van der Waals surface area contributed by atoms with E-state index in [4.69, 9.17) is 0 Å². The molecule has 0 radical (unpaired) electrons. The van der Waals surface area contributed by atoms with Crippen molar-refractivity contribution in [3.63, 3.8) is 0 Å². The van der Waals surface area contributed by atoms with E-state index >= 15 is 0 Å². The molecular weight excluding hydrogens is 310 g/mol. The standard InChI is InChI=1S/C13H13N3O3S2/c1-7-14-9-3-2-8(4-12(9)20-7)16-11-6-21(18,19)5-10(11)15-13(16)17/h2-4,10-11H,5-6H2,1H3,(H,15,17)/t10-,11-/m1/s1. The van der Waals surface area contributed by atoms with E-state index in [0.717, 1.165) is 20.9 Å².